The first kappa shape index (κ1) is 26.4. The average Bonchev–Trinajstić information content (AvgIpc) is 3.67. The molecule has 0 radical (unpaired) electrons. The zero-order valence-electron chi connectivity index (χ0n) is 22.5. The molecule has 2 aliphatic heterocycles. The Hall–Kier alpha value is -4.83. The number of benzene rings is 3. The lowest BCUT2D eigenvalue weighted by atomic mass is 10.1. The third-order valence-corrected chi connectivity index (χ3v) is 7.34. The van der Waals surface area contributed by atoms with Crippen molar-refractivity contribution >= 4 is 17.3 Å². The van der Waals surface area contributed by atoms with Gasteiger partial charge in [-0.2, -0.15) is 0 Å². The summed E-state index contributed by atoms with van der Waals surface area (Å²) < 4.78 is 17.1. The Kier molecular flexibility index (Phi) is 7.55. The smallest absolute Gasteiger partial charge is 0.289 e. The molecule has 6 rings (SSSR count). The van der Waals surface area contributed by atoms with Crippen molar-refractivity contribution < 1.29 is 23.6 Å². The maximum atomic E-state index is 13.3. The lowest BCUT2D eigenvalue weighted by Gasteiger charge is -2.35. The Morgan fingerprint density at radius 3 is 2.29 bits per heavy atom. The highest BCUT2D eigenvalue weighted by atomic mass is 16.7. The monoisotopic (exact) mass is 554 g/mol. The van der Waals surface area contributed by atoms with Crippen LogP contribution >= 0.6 is 0 Å². The molecule has 1 amide bonds. The molecular formula is C31H30N4O6. The van der Waals surface area contributed by atoms with Gasteiger partial charge >= 0.3 is 0 Å². The number of non-ortho nitro benzene ring substituents is 1. The molecule has 2 aliphatic rings. The zero-order chi connectivity index (χ0) is 28.2. The van der Waals surface area contributed by atoms with Gasteiger partial charge in [0.05, 0.1) is 11.5 Å². The van der Waals surface area contributed by atoms with Crippen molar-refractivity contribution in [2.75, 3.05) is 37.9 Å². The lowest BCUT2D eigenvalue weighted by Crippen LogP contribution is -2.48. The topological polar surface area (TPSA) is 102 Å². The summed E-state index contributed by atoms with van der Waals surface area (Å²) in [5.41, 5.74) is 3.25. The van der Waals surface area contributed by atoms with Crippen molar-refractivity contribution in [3.63, 3.8) is 0 Å². The normalized spacial score (nSPS) is 14.5. The number of rotatable bonds is 9. The number of amides is 1. The van der Waals surface area contributed by atoms with Crippen LogP contribution in [-0.2, 0) is 19.6 Å². The first-order valence-electron chi connectivity index (χ1n) is 13.5. The van der Waals surface area contributed by atoms with Gasteiger partial charge < -0.3 is 23.7 Å². The first-order chi connectivity index (χ1) is 20.0. The summed E-state index contributed by atoms with van der Waals surface area (Å²) in [7, 11) is 0. The van der Waals surface area contributed by atoms with Crippen LogP contribution in [0.15, 0.2) is 89.3 Å². The van der Waals surface area contributed by atoms with Crippen LogP contribution in [0.3, 0.4) is 0 Å². The summed E-state index contributed by atoms with van der Waals surface area (Å²) in [4.78, 5) is 30.0. The molecule has 0 bridgehead atoms. The number of hydrogen-bond acceptors (Lipinski definition) is 8. The number of piperazine rings is 1. The second kappa shape index (κ2) is 11.7. The average molecular weight is 555 g/mol. The highest BCUT2D eigenvalue weighted by Crippen LogP contribution is 2.33. The van der Waals surface area contributed by atoms with Gasteiger partial charge in [0.15, 0.2) is 17.3 Å². The van der Waals surface area contributed by atoms with E-state index in [2.05, 4.69) is 21.9 Å². The standard InChI is InChI=1S/C31H30N4O6/c36-31(34-16-14-33(15-17-34)25-7-9-26(10-8-25)35(37)38)29-13-11-27(41-29)21-32(19-23-4-2-1-3-5-23)20-24-6-12-28-30(18-24)40-22-39-28/h1-13,18H,14-17,19-22H2. The third-order valence-electron chi connectivity index (χ3n) is 7.34. The van der Waals surface area contributed by atoms with E-state index in [0.717, 1.165) is 28.5 Å². The number of fused-ring (bicyclic) bond motifs is 1. The highest BCUT2D eigenvalue weighted by Gasteiger charge is 2.25. The largest absolute Gasteiger partial charge is 0.455 e. The van der Waals surface area contributed by atoms with Crippen molar-refractivity contribution in [2.45, 2.75) is 19.6 Å². The minimum absolute atomic E-state index is 0.0643. The van der Waals surface area contributed by atoms with Crippen LogP contribution in [0.2, 0.25) is 0 Å². The Balaban J connectivity index is 1.09. The van der Waals surface area contributed by atoms with Gasteiger partial charge in [-0.1, -0.05) is 36.4 Å². The van der Waals surface area contributed by atoms with Crippen molar-refractivity contribution in [3.8, 4) is 11.5 Å². The van der Waals surface area contributed by atoms with Gasteiger partial charge in [-0.15, -0.1) is 0 Å². The molecule has 210 valence electrons. The molecule has 0 spiro atoms. The van der Waals surface area contributed by atoms with Gasteiger partial charge in [0.1, 0.15) is 5.76 Å². The molecule has 1 saturated heterocycles. The number of hydrogen-bond donors (Lipinski definition) is 0. The maximum Gasteiger partial charge on any atom is 0.289 e. The summed E-state index contributed by atoms with van der Waals surface area (Å²) in [5, 5.41) is 10.9. The molecule has 1 fully saturated rings. The molecule has 0 unspecified atom stereocenters. The van der Waals surface area contributed by atoms with Crippen molar-refractivity contribution in [1.29, 1.82) is 0 Å². The van der Waals surface area contributed by atoms with Gasteiger partial charge in [0, 0.05) is 57.1 Å². The molecule has 10 nitrogen and oxygen atoms in total. The van der Waals surface area contributed by atoms with E-state index in [9.17, 15) is 14.9 Å². The minimum atomic E-state index is -0.406. The van der Waals surface area contributed by atoms with Gasteiger partial charge in [0.2, 0.25) is 6.79 Å². The van der Waals surface area contributed by atoms with Crippen LogP contribution in [-0.4, -0.2) is 53.6 Å². The molecule has 0 aliphatic carbocycles. The second-order valence-corrected chi connectivity index (χ2v) is 10.1. The molecule has 10 heteroatoms. The zero-order valence-corrected chi connectivity index (χ0v) is 22.5. The van der Waals surface area contributed by atoms with Gasteiger partial charge in [-0.25, -0.2) is 0 Å². The quantitative estimate of drug-likeness (QED) is 0.209. The van der Waals surface area contributed by atoms with E-state index < -0.39 is 4.92 Å². The Bertz CT molecular complexity index is 1510. The summed E-state index contributed by atoms with van der Waals surface area (Å²) in [6.45, 7) is 4.50. The third kappa shape index (κ3) is 6.17. The van der Waals surface area contributed by atoms with E-state index >= 15 is 0 Å². The molecule has 0 saturated carbocycles. The van der Waals surface area contributed by atoms with E-state index in [1.54, 1.807) is 23.1 Å². The fraction of sp³-hybridized carbons (Fsp3) is 0.258. The molecule has 4 aromatic rings. The number of carbonyl (C=O) groups is 1. The number of nitro benzene ring substituents is 1. The number of furan rings is 1. The summed E-state index contributed by atoms with van der Waals surface area (Å²) in [5.74, 6) is 2.42. The van der Waals surface area contributed by atoms with Crippen molar-refractivity contribution in [3.05, 3.63) is 118 Å². The molecule has 0 atom stereocenters. The Morgan fingerprint density at radius 2 is 1.54 bits per heavy atom. The van der Waals surface area contributed by atoms with Gasteiger partial charge in [-0.3, -0.25) is 19.8 Å². The van der Waals surface area contributed by atoms with Crippen molar-refractivity contribution in [1.82, 2.24) is 9.80 Å². The van der Waals surface area contributed by atoms with E-state index in [0.29, 0.717) is 51.6 Å². The first-order valence-corrected chi connectivity index (χ1v) is 13.5. The van der Waals surface area contributed by atoms with Crippen molar-refractivity contribution in [2.24, 2.45) is 0 Å². The summed E-state index contributed by atoms with van der Waals surface area (Å²) in [6, 6.07) is 26.4. The van der Waals surface area contributed by atoms with Crippen LogP contribution in [0.1, 0.15) is 27.4 Å². The summed E-state index contributed by atoms with van der Waals surface area (Å²) >= 11 is 0. The maximum absolute atomic E-state index is 13.3. The predicted molar refractivity (Wildman–Crippen MR) is 152 cm³/mol. The fourth-order valence-corrected chi connectivity index (χ4v) is 5.21. The summed E-state index contributed by atoms with van der Waals surface area (Å²) in [6.07, 6.45) is 0. The number of anilines is 1. The number of ether oxygens (including phenoxy) is 2. The van der Waals surface area contributed by atoms with Crippen LogP contribution in [0, 0.1) is 10.1 Å². The Labute approximate surface area is 237 Å². The Morgan fingerprint density at radius 1 is 0.805 bits per heavy atom. The molecule has 1 aromatic heterocycles. The van der Waals surface area contributed by atoms with Gasteiger partial charge in [0.25, 0.3) is 11.6 Å². The molecular weight excluding hydrogens is 524 g/mol. The van der Waals surface area contributed by atoms with Gasteiger partial charge in [-0.05, 0) is 47.5 Å². The molecule has 3 heterocycles. The lowest BCUT2D eigenvalue weighted by molar-refractivity contribution is -0.384. The van der Waals surface area contributed by atoms with E-state index in [1.807, 2.05) is 42.5 Å². The SMILES string of the molecule is O=C(c1ccc(CN(Cc2ccccc2)Cc2ccc3c(c2)OCO3)o1)N1CCN(c2ccc([N+](=O)[O-])cc2)CC1. The van der Waals surface area contributed by atoms with Crippen LogP contribution in [0.5, 0.6) is 11.5 Å². The number of carbonyl (C=O) groups excluding carboxylic acids is 1. The number of nitrogens with zero attached hydrogens (tertiary/aromatic N) is 4. The van der Waals surface area contributed by atoms with Crippen LogP contribution < -0.4 is 14.4 Å². The van der Waals surface area contributed by atoms with Crippen LogP contribution in [0.25, 0.3) is 0 Å². The molecule has 0 N–H and O–H groups in total. The minimum Gasteiger partial charge on any atom is -0.455 e. The van der Waals surface area contributed by atoms with E-state index in [4.69, 9.17) is 13.9 Å². The number of nitro groups is 1. The second-order valence-electron chi connectivity index (χ2n) is 10.1. The fourth-order valence-electron chi connectivity index (χ4n) is 5.21. The molecule has 3 aromatic carbocycles. The highest BCUT2D eigenvalue weighted by molar-refractivity contribution is 5.91. The molecule has 41 heavy (non-hydrogen) atoms. The van der Waals surface area contributed by atoms with Crippen LogP contribution in [0.4, 0.5) is 11.4 Å². The van der Waals surface area contributed by atoms with E-state index in [1.165, 1.54) is 17.7 Å². The van der Waals surface area contributed by atoms with E-state index in [-0.39, 0.29) is 18.4 Å². The predicted octanol–water partition coefficient (Wildman–Crippen LogP) is 5.08.